The molecule has 2 heterocycles. The predicted molar refractivity (Wildman–Crippen MR) is 69.2 cm³/mol. The quantitative estimate of drug-likeness (QED) is 0.866. The molecule has 2 aromatic rings. The molecule has 1 atom stereocenters. The Kier molecular flexibility index (Phi) is 3.74. The van der Waals surface area contributed by atoms with Crippen LogP contribution >= 0.6 is 11.3 Å². The molecule has 0 aliphatic rings. The van der Waals surface area contributed by atoms with Crippen LogP contribution < -0.4 is 5.32 Å². The van der Waals surface area contributed by atoms with E-state index in [0.29, 0.717) is 12.6 Å². The lowest BCUT2D eigenvalue weighted by Gasteiger charge is -2.16. The molecule has 2 rings (SSSR count). The van der Waals surface area contributed by atoms with Gasteiger partial charge < -0.3 is 10.1 Å². The number of aromatic nitrogens is 1. The van der Waals surface area contributed by atoms with Crippen LogP contribution in [0, 0.1) is 0 Å². The van der Waals surface area contributed by atoms with Crippen molar-refractivity contribution >= 4 is 27.2 Å². The second-order valence-corrected chi connectivity index (χ2v) is 4.64. The summed E-state index contributed by atoms with van der Waals surface area (Å²) in [6.45, 7) is 2.85. The number of rotatable bonds is 5. The van der Waals surface area contributed by atoms with E-state index in [1.807, 2.05) is 12.3 Å². The fourth-order valence-electron chi connectivity index (χ4n) is 1.67. The molecule has 0 amide bonds. The van der Waals surface area contributed by atoms with Gasteiger partial charge in [0, 0.05) is 23.4 Å². The normalized spacial score (nSPS) is 12.9. The fourth-order valence-corrected chi connectivity index (χ4v) is 2.45. The molecule has 0 saturated heterocycles. The third kappa shape index (κ3) is 2.33. The summed E-state index contributed by atoms with van der Waals surface area (Å²) in [5, 5.41) is 6.72. The van der Waals surface area contributed by atoms with E-state index in [2.05, 4.69) is 28.7 Å². The standard InChI is InChI=1S/C12H16N2OS/c1-3-9(8-15-2)14-12-10-5-7-16-11(10)4-6-13-12/h4-7,9H,3,8H2,1-2H3,(H,13,14). The first-order chi connectivity index (χ1) is 7.85. The van der Waals surface area contributed by atoms with Crippen LogP contribution in [0.3, 0.4) is 0 Å². The predicted octanol–water partition coefficient (Wildman–Crippen LogP) is 3.13. The van der Waals surface area contributed by atoms with Gasteiger partial charge in [0.2, 0.25) is 0 Å². The largest absolute Gasteiger partial charge is 0.383 e. The van der Waals surface area contributed by atoms with Crippen LogP contribution in [0.15, 0.2) is 23.7 Å². The summed E-state index contributed by atoms with van der Waals surface area (Å²) in [7, 11) is 1.73. The summed E-state index contributed by atoms with van der Waals surface area (Å²) in [6, 6.07) is 4.47. The van der Waals surface area contributed by atoms with Crippen molar-refractivity contribution in [1.82, 2.24) is 4.98 Å². The monoisotopic (exact) mass is 236 g/mol. The Morgan fingerprint density at radius 3 is 3.12 bits per heavy atom. The second-order valence-electron chi connectivity index (χ2n) is 3.70. The van der Waals surface area contributed by atoms with Gasteiger partial charge in [-0.05, 0) is 23.9 Å². The van der Waals surface area contributed by atoms with Crippen LogP contribution in [0.25, 0.3) is 10.1 Å². The second kappa shape index (κ2) is 5.27. The van der Waals surface area contributed by atoms with Crippen molar-refractivity contribution in [3.63, 3.8) is 0 Å². The van der Waals surface area contributed by atoms with Gasteiger partial charge in [-0.15, -0.1) is 11.3 Å². The number of nitrogens with one attached hydrogen (secondary N) is 1. The minimum Gasteiger partial charge on any atom is -0.383 e. The summed E-state index contributed by atoms with van der Waals surface area (Å²) in [4.78, 5) is 4.39. The smallest absolute Gasteiger partial charge is 0.134 e. The molecule has 1 N–H and O–H groups in total. The van der Waals surface area contributed by atoms with E-state index >= 15 is 0 Å². The highest BCUT2D eigenvalue weighted by molar-refractivity contribution is 7.17. The minimum atomic E-state index is 0.322. The number of pyridine rings is 1. The van der Waals surface area contributed by atoms with Crippen LogP contribution in [0.2, 0.25) is 0 Å². The topological polar surface area (TPSA) is 34.1 Å². The van der Waals surface area contributed by atoms with Crippen LogP contribution in [0.4, 0.5) is 5.82 Å². The summed E-state index contributed by atoms with van der Waals surface area (Å²) in [5.74, 6) is 0.961. The Morgan fingerprint density at radius 1 is 1.50 bits per heavy atom. The van der Waals surface area contributed by atoms with Crippen molar-refractivity contribution in [1.29, 1.82) is 0 Å². The molecule has 1 unspecified atom stereocenters. The fraction of sp³-hybridized carbons (Fsp3) is 0.417. The van der Waals surface area contributed by atoms with Gasteiger partial charge in [-0.2, -0.15) is 0 Å². The zero-order valence-corrected chi connectivity index (χ0v) is 10.4. The molecule has 0 fully saturated rings. The molecule has 0 radical (unpaired) electrons. The average molecular weight is 236 g/mol. The Balaban J connectivity index is 2.22. The van der Waals surface area contributed by atoms with Crippen LogP contribution in [-0.4, -0.2) is 24.7 Å². The Labute approximate surface area is 99.5 Å². The number of ether oxygens (including phenoxy) is 1. The lowest BCUT2D eigenvalue weighted by Crippen LogP contribution is -2.24. The Hall–Kier alpha value is -1.13. The molecule has 0 saturated carbocycles. The number of nitrogens with zero attached hydrogens (tertiary/aromatic N) is 1. The van der Waals surface area contributed by atoms with Crippen LogP contribution in [0.5, 0.6) is 0 Å². The summed E-state index contributed by atoms with van der Waals surface area (Å²) < 4.78 is 6.44. The highest BCUT2D eigenvalue weighted by Gasteiger charge is 2.09. The zero-order chi connectivity index (χ0) is 11.4. The molecule has 0 aromatic carbocycles. The molecular formula is C12H16N2OS. The van der Waals surface area contributed by atoms with Gasteiger partial charge in [0.15, 0.2) is 0 Å². The zero-order valence-electron chi connectivity index (χ0n) is 9.56. The van der Waals surface area contributed by atoms with Crippen molar-refractivity contribution in [3.8, 4) is 0 Å². The van der Waals surface area contributed by atoms with Gasteiger partial charge in [0.25, 0.3) is 0 Å². The summed E-state index contributed by atoms with van der Waals surface area (Å²) in [5.41, 5.74) is 0. The first-order valence-corrected chi connectivity index (χ1v) is 6.30. The van der Waals surface area contributed by atoms with Crippen molar-refractivity contribution in [3.05, 3.63) is 23.7 Å². The molecule has 3 nitrogen and oxygen atoms in total. The molecule has 0 spiro atoms. The maximum atomic E-state index is 5.17. The van der Waals surface area contributed by atoms with Gasteiger partial charge in [-0.25, -0.2) is 4.98 Å². The van der Waals surface area contributed by atoms with Crippen molar-refractivity contribution < 1.29 is 4.74 Å². The van der Waals surface area contributed by atoms with Gasteiger partial charge in [0.1, 0.15) is 5.82 Å². The van der Waals surface area contributed by atoms with E-state index in [4.69, 9.17) is 4.74 Å². The first-order valence-electron chi connectivity index (χ1n) is 5.42. The lowest BCUT2D eigenvalue weighted by molar-refractivity contribution is 0.184. The molecular weight excluding hydrogens is 220 g/mol. The maximum Gasteiger partial charge on any atom is 0.134 e. The van der Waals surface area contributed by atoms with Gasteiger partial charge in [-0.3, -0.25) is 0 Å². The Bertz CT molecular complexity index is 455. The first kappa shape index (κ1) is 11.4. The highest BCUT2D eigenvalue weighted by Crippen LogP contribution is 2.26. The van der Waals surface area contributed by atoms with Gasteiger partial charge in [-0.1, -0.05) is 6.92 Å². The van der Waals surface area contributed by atoms with Gasteiger partial charge in [0.05, 0.1) is 12.6 Å². The molecule has 4 heteroatoms. The van der Waals surface area contributed by atoms with E-state index in [1.54, 1.807) is 18.4 Å². The number of methoxy groups -OCH3 is 1. The molecule has 86 valence electrons. The van der Waals surface area contributed by atoms with Crippen molar-refractivity contribution in [2.75, 3.05) is 19.0 Å². The number of hydrogen-bond acceptors (Lipinski definition) is 4. The van der Waals surface area contributed by atoms with Gasteiger partial charge >= 0.3 is 0 Å². The molecule has 0 aliphatic carbocycles. The minimum absolute atomic E-state index is 0.322. The summed E-state index contributed by atoms with van der Waals surface area (Å²) >= 11 is 1.74. The SMILES string of the molecule is CCC(COC)Nc1nccc2sccc12. The highest BCUT2D eigenvalue weighted by atomic mass is 32.1. The number of fused-ring (bicyclic) bond motifs is 1. The third-order valence-corrected chi connectivity index (χ3v) is 3.46. The summed E-state index contributed by atoms with van der Waals surface area (Å²) in [6.07, 6.45) is 2.87. The van der Waals surface area contributed by atoms with Crippen LogP contribution in [-0.2, 0) is 4.74 Å². The number of anilines is 1. The number of thiophene rings is 1. The van der Waals surface area contributed by atoms with Crippen molar-refractivity contribution in [2.24, 2.45) is 0 Å². The molecule has 16 heavy (non-hydrogen) atoms. The molecule has 0 aliphatic heterocycles. The van der Waals surface area contributed by atoms with E-state index in [-0.39, 0.29) is 0 Å². The third-order valence-electron chi connectivity index (χ3n) is 2.58. The van der Waals surface area contributed by atoms with Crippen molar-refractivity contribution in [2.45, 2.75) is 19.4 Å². The number of hydrogen-bond donors (Lipinski definition) is 1. The van der Waals surface area contributed by atoms with E-state index in [9.17, 15) is 0 Å². The molecule has 0 bridgehead atoms. The van der Waals surface area contributed by atoms with E-state index < -0.39 is 0 Å². The maximum absolute atomic E-state index is 5.17. The van der Waals surface area contributed by atoms with Crippen LogP contribution in [0.1, 0.15) is 13.3 Å². The van der Waals surface area contributed by atoms with E-state index in [0.717, 1.165) is 12.2 Å². The Morgan fingerprint density at radius 2 is 2.38 bits per heavy atom. The molecule has 2 aromatic heterocycles. The lowest BCUT2D eigenvalue weighted by atomic mass is 10.2. The van der Waals surface area contributed by atoms with E-state index in [1.165, 1.54) is 10.1 Å². The average Bonchev–Trinajstić information content (AvgIpc) is 2.77.